The summed E-state index contributed by atoms with van der Waals surface area (Å²) in [4.78, 5) is 11.1. The molecule has 0 amide bonds. The number of benzene rings is 2. The lowest BCUT2D eigenvalue weighted by Crippen LogP contribution is -2.26. The summed E-state index contributed by atoms with van der Waals surface area (Å²) in [5.74, 6) is -0.623. The Kier molecular flexibility index (Phi) is 7.41. The van der Waals surface area contributed by atoms with Crippen LogP contribution in [0.3, 0.4) is 0 Å². The summed E-state index contributed by atoms with van der Waals surface area (Å²) >= 11 is 0. The van der Waals surface area contributed by atoms with Gasteiger partial charge in [0.05, 0.1) is 12.5 Å². The van der Waals surface area contributed by atoms with Gasteiger partial charge in [-0.1, -0.05) is 24.3 Å². The van der Waals surface area contributed by atoms with Crippen molar-refractivity contribution in [1.29, 1.82) is 0 Å². The summed E-state index contributed by atoms with van der Waals surface area (Å²) in [7, 11) is 1.75. The summed E-state index contributed by atoms with van der Waals surface area (Å²) in [6.07, 6.45) is 2.01. The number of hydrogen-bond donors (Lipinski definition) is 2. The van der Waals surface area contributed by atoms with E-state index in [4.69, 9.17) is 9.84 Å². The average Bonchev–Trinajstić information content (AvgIpc) is 2.61. The molecule has 0 heterocycles. The van der Waals surface area contributed by atoms with Gasteiger partial charge in [-0.25, -0.2) is 4.39 Å². The molecule has 5 heteroatoms. The van der Waals surface area contributed by atoms with Gasteiger partial charge in [-0.15, -0.1) is 0 Å². The van der Waals surface area contributed by atoms with Crippen molar-refractivity contribution in [3.63, 3.8) is 0 Å². The fourth-order valence-electron chi connectivity index (χ4n) is 2.62. The van der Waals surface area contributed by atoms with E-state index in [9.17, 15) is 9.18 Å². The molecule has 134 valence electrons. The van der Waals surface area contributed by atoms with Crippen LogP contribution in [-0.2, 0) is 11.2 Å². The van der Waals surface area contributed by atoms with Gasteiger partial charge in [0.2, 0.25) is 0 Å². The van der Waals surface area contributed by atoms with Crippen LogP contribution in [0.1, 0.15) is 24.0 Å². The van der Waals surface area contributed by atoms with Crippen LogP contribution in [-0.4, -0.2) is 31.3 Å². The third-order valence-corrected chi connectivity index (χ3v) is 4.01. The molecule has 0 radical (unpaired) electrons. The highest BCUT2D eigenvalue weighted by Crippen LogP contribution is 2.16. The van der Waals surface area contributed by atoms with Gasteiger partial charge in [0.25, 0.3) is 0 Å². The molecule has 2 aromatic rings. The summed E-state index contributed by atoms with van der Waals surface area (Å²) in [6, 6.07) is 14.3. The van der Waals surface area contributed by atoms with Crippen molar-refractivity contribution in [2.24, 2.45) is 5.92 Å². The van der Waals surface area contributed by atoms with Crippen molar-refractivity contribution in [2.75, 3.05) is 20.2 Å². The summed E-state index contributed by atoms with van der Waals surface area (Å²) in [6.45, 7) is 0.957. The molecule has 0 saturated heterocycles. The molecule has 2 rings (SSSR count). The number of carboxylic acids is 1. The molecule has 2 N–H and O–H groups in total. The second kappa shape index (κ2) is 9.79. The van der Waals surface area contributed by atoms with Crippen LogP contribution in [0, 0.1) is 11.7 Å². The first kappa shape index (κ1) is 18.9. The van der Waals surface area contributed by atoms with E-state index in [1.165, 1.54) is 12.1 Å². The maximum absolute atomic E-state index is 12.9. The van der Waals surface area contributed by atoms with Gasteiger partial charge in [-0.05, 0) is 61.7 Å². The molecule has 4 nitrogen and oxygen atoms in total. The van der Waals surface area contributed by atoms with Crippen LogP contribution < -0.4 is 10.1 Å². The molecular formula is C20H24FNO3. The Balaban J connectivity index is 1.76. The van der Waals surface area contributed by atoms with Crippen molar-refractivity contribution < 1.29 is 19.0 Å². The first-order valence-electron chi connectivity index (χ1n) is 8.42. The summed E-state index contributed by atoms with van der Waals surface area (Å²) in [5.41, 5.74) is 2.18. The fourth-order valence-corrected chi connectivity index (χ4v) is 2.62. The Hall–Kier alpha value is -2.40. The van der Waals surface area contributed by atoms with Crippen LogP contribution in [0.4, 0.5) is 4.39 Å². The van der Waals surface area contributed by atoms with Crippen LogP contribution in [0.15, 0.2) is 48.5 Å². The molecule has 0 aliphatic heterocycles. The van der Waals surface area contributed by atoms with E-state index in [-0.39, 0.29) is 11.7 Å². The number of hydrogen-bond acceptors (Lipinski definition) is 3. The molecule has 0 saturated carbocycles. The third-order valence-electron chi connectivity index (χ3n) is 4.01. The fraction of sp³-hybridized carbons (Fsp3) is 0.350. The number of rotatable bonds is 10. The minimum absolute atomic E-state index is 0.229. The Labute approximate surface area is 147 Å². The zero-order chi connectivity index (χ0) is 18.1. The van der Waals surface area contributed by atoms with E-state index in [0.29, 0.717) is 26.0 Å². The van der Waals surface area contributed by atoms with E-state index in [2.05, 4.69) is 5.32 Å². The highest BCUT2D eigenvalue weighted by atomic mass is 19.1. The lowest BCUT2D eigenvalue weighted by molar-refractivity contribution is -0.141. The Morgan fingerprint density at radius 1 is 1.12 bits per heavy atom. The number of aliphatic carboxylic acids is 1. The molecule has 25 heavy (non-hydrogen) atoms. The monoisotopic (exact) mass is 345 g/mol. The molecule has 1 unspecified atom stereocenters. The summed E-state index contributed by atoms with van der Waals surface area (Å²) in [5, 5.41) is 12.0. The quantitative estimate of drug-likeness (QED) is 0.647. The number of ether oxygens (including phenoxy) is 1. The predicted molar refractivity (Wildman–Crippen MR) is 95.4 cm³/mol. The zero-order valence-electron chi connectivity index (χ0n) is 14.4. The largest absolute Gasteiger partial charge is 0.494 e. The van der Waals surface area contributed by atoms with E-state index in [0.717, 1.165) is 23.3 Å². The standard InChI is InChI=1S/C20H24FNO3/c1-22-14-17(20(23)24)3-2-12-25-19-10-6-16(7-11-19)13-15-4-8-18(21)9-5-15/h4-11,17,22H,2-3,12-14H2,1H3,(H,23,24). The molecule has 0 aliphatic rings. The van der Waals surface area contributed by atoms with Gasteiger partial charge < -0.3 is 15.2 Å². The van der Waals surface area contributed by atoms with E-state index in [1.807, 2.05) is 24.3 Å². The molecule has 1 atom stereocenters. The number of carboxylic acid groups (broad SMARTS) is 1. The molecule has 0 aliphatic carbocycles. The maximum Gasteiger partial charge on any atom is 0.307 e. The topological polar surface area (TPSA) is 58.6 Å². The third kappa shape index (κ3) is 6.55. The average molecular weight is 345 g/mol. The van der Waals surface area contributed by atoms with Gasteiger partial charge >= 0.3 is 5.97 Å². The second-order valence-electron chi connectivity index (χ2n) is 6.03. The SMILES string of the molecule is CNCC(CCCOc1ccc(Cc2ccc(F)cc2)cc1)C(=O)O. The molecule has 0 spiro atoms. The van der Waals surface area contributed by atoms with Gasteiger partial charge in [0, 0.05) is 6.54 Å². The molecule has 2 aromatic carbocycles. The molecule has 0 bridgehead atoms. The molecule has 0 fully saturated rings. The van der Waals surface area contributed by atoms with E-state index < -0.39 is 5.97 Å². The number of carbonyl (C=O) groups is 1. The Morgan fingerprint density at radius 2 is 1.72 bits per heavy atom. The molecule has 0 aromatic heterocycles. The van der Waals surface area contributed by atoms with E-state index >= 15 is 0 Å². The van der Waals surface area contributed by atoms with Crippen molar-refractivity contribution in [1.82, 2.24) is 5.32 Å². The number of nitrogens with one attached hydrogen (secondary N) is 1. The maximum atomic E-state index is 12.9. The number of halogens is 1. The van der Waals surface area contributed by atoms with Crippen LogP contribution in [0.25, 0.3) is 0 Å². The normalized spacial score (nSPS) is 11.9. The van der Waals surface area contributed by atoms with E-state index in [1.54, 1.807) is 19.2 Å². The molecular weight excluding hydrogens is 321 g/mol. The minimum atomic E-state index is -0.778. The highest BCUT2D eigenvalue weighted by molar-refractivity contribution is 5.70. The van der Waals surface area contributed by atoms with Gasteiger partial charge in [-0.2, -0.15) is 0 Å². The highest BCUT2D eigenvalue weighted by Gasteiger charge is 2.15. The Morgan fingerprint density at radius 3 is 2.28 bits per heavy atom. The van der Waals surface area contributed by atoms with Crippen molar-refractivity contribution in [3.8, 4) is 5.75 Å². The lowest BCUT2D eigenvalue weighted by atomic mass is 10.0. The van der Waals surface area contributed by atoms with Crippen molar-refractivity contribution >= 4 is 5.97 Å². The van der Waals surface area contributed by atoms with Gasteiger partial charge in [-0.3, -0.25) is 4.79 Å². The van der Waals surface area contributed by atoms with Gasteiger partial charge in [0.1, 0.15) is 11.6 Å². The summed E-state index contributed by atoms with van der Waals surface area (Å²) < 4.78 is 18.6. The Bertz CT molecular complexity index is 656. The first-order valence-corrected chi connectivity index (χ1v) is 8.42. The van der Waals surface area contributed by atoms with Gasteiger partial charge in [0.15, 0.2) is 0 Å². The van der Waals surface area contributed by atoms with Crippen molar-refractivity contribution in [3.05, 3.63) is 65.5 Å². The lowest BCUT2D eigenvalue weighted by Gasteiger charge is -2.12. The van der Waals surface area contributed by atoms with Crippen LogP contribution >= 0.6 is 0 Å². The smallest absolute Gasteiger partial charge is 0.307 e. The van der Waals surface area contributed by atoms with Crippen LogP contribution in [0.5, 0.6) is 5.75 Å². The van der Waals surface area contributed by atoms with Crippen LogP contribution in [0.2, 0.25) is 0 Å². The minimum Gasteiger partial charge on any atom is -0.494 e. The zero-order valence-corrected chi connectivity index (χ0v) is 14.4. The predicted octanol–water partition coefficient (Wildman–Crippen LogP) is 3.50. The van der Waals surface area contributed by atoms with Crippen molar-refractivity contribution in [2.45, 2.75) is 19.3 Å². The second-order valence-corrected chi connectivity index (χ2v) is 6.03. The first-order chi connectivity index (χ1) is 12.1.